The molecule has 0 aromatic carbocycles. The van der Waals surface area contributed by atoms with E-state index >= 15 is 0 Å². The summed E-state index contributed by atoms with van der Waals surface area (Å²) in [5.74, 6) is 2.29. The molecule has 2 aliphatic rings. The Kier molecular flexibility index (Phi) is 6.89. The zero-order valence-electron chi connectivity index (χ0n) is 20.3. The van der Waals surface area contributed by atoms with Crippen LogP contribution in [0.4, 0.5) is 15.7 Å². The first-order valence-electron chi connectivity index (χ1n) is 11.8. The van der Waals surface area contributed by atoms with Crippen LogP contribution in [0.25, 0.3) is 10.2 Å². The molecule has 1 amide bonds. The van der Waals surface area contributed by atoms with Gasteiger partial charge in [-0.3, -0.25) is 10.2 Å². The van der Waals surface area contributed by atoms with Crippen molar-refractivity contribution < 1.29 is 18.3 Å². The summed E-state index contributed by atoms with van der Waals surface area (Å²) in [5, 5.41) is 16.8. The van der Waals surface area contributed by atoms with Gasteiger partial charge in [-0.25, -0.2) is 28.2 Å². The number of nitrogens with one attached hydrogen (secondary N) is 2. The average Bonchev–Trinajstić information content (AvgIpc) is 3.51. The molecule has 5 rings (SSSR count). The third-order valence-electron chi connectivity index (χ3n) is 6.34. The van der Waals surface area contributed by atoms with Crippen molar-refractivity contribution >= 4 is 60.0 Å². The number of sulfonamides is 1. The number of amides is 1. The summed E-state index contributed by atoms with van der Waals surface area (Å²) in [6, 6.07) is 0.120. The van der Waals surface area contributed by atoms with Gasteiger partial charge >= 0.3 is 6.09 Å². The van der Waals surface area contributed by atoms with E-state index in [2.05, 4.69) is 39.7 Å². The molecule has 3 aromatic rings. The van der Waals surface area contributed by atoms with Crippen LogP contribution in [0.15, 0.2) is 9.59 Å². The van der Waals surface area contributed by atoms with Crippen molar-refractivity contribution in [3.05, 3.63) is 22.5 Å². The predicted octanol–water partition coefficient (Wildman–Crippen LogP) is 3.54. The fourth-order valence-electron chi connectivity index (χ4n) is 4.37. The van der Waals surface area contributed by atoms with Gasteiger partial charge < -0.3 is 10.4 Å². The molecular weight excluding hydrogens is 522 g/mol. The fourth-order valence-corrected chi connectivity index (χ4v) is 8.28. The Balaban J connectivity index is 1.21. The fraction of sp³-hybridized carbons (Fsp3) is 0.545. The highest BCUT2D eigenvalue weighted by Gasteiger charge is 2.33. The van der Waals surface area contributed by atoms with Crippen LogP contribution in [0.2, 0.25) is 0 Å². The first kappa shape index (κ1) is 25.3. The van der Waals surface area contributed by atoms with E-state index in [-0.39, 0.29) is 15.4 Å². The van der Waals surface area contributed by atoms with Crippen LogP contribution < -0.4 is 10.6 Å². The third kappa shape index (κ3) is 5.18. The highest BCUT2D eigenvalue weighted by Crippen LogP contribution is 2.40. The molecule has 0 radical (unpaired) electrons. The number of aryl methyl sites for hydroxylation is 2. The normalized spacial score (nSPS) is 18.4. The van der Waals surface area contributed by atoms with Crippen LogP contribution in [-0.2, 0) is 10.0 Å². The molecule has 3 N–H and O–H groups in total. The summed E-state index contributed by atoms with van der Waals surface area (Å²) in [6.45, 7) is 8.47. The van der Waals surface area contributed by atoms with Crippen LogP contribution in [0.1, 0.15) is 42.8 Å². The Morgan fingerprint density at radius 1 is 1.19 bits per heavy atom. The second-order valence-corrected chi connectivity index (χ2v) is 13.4. The standard InChI is InChI=1S/C22H29N7O4S3/c1-12-11-34-17-16(12)25-18(15-4-5-15)26-19(17)23-13(2)10-28-6-8-29(9-7-28)36(32,33)20-14(3)24-21(35-20)27-22(30)31/h11,13,15H,4-10H2,1-3H3,(H,24,27)(H,30,31)(H,23,25,26). The smallest absolute Gasteiger partial charge is 0.410 e. The summed E-state index contributed by atoms with van der Waals surface area (Å²) in [7, 11) is -3.74. The maximum atomic E-state index is 13.2. The number of hydrogen-bond donors (Lipinski definition) is 3. The lowest BCUT2D eigenvalue weighted by molar-refractivity contribution is 0.184. The zero-order valence-corrected chi connectivity index (χ0v) is 22.8. The molecule has 0 spiro atoms. The average molecular weight is 552 g/mol. The van der Waals surface area contributed by atoms with Crippen molar-refractivity contribution in [2.24, 2.45) is 0 Å². The van der Waals surface area contributed by atoms with Gasteiger partial charge in [-0.05, 0) is 44.6 Å². The zero-order chi connectivity index (χ0) is 25.6. The molecule has 1 aliphatic carbocycles. The SMILES string of the molecule is Cc1nc(NC(=O)O)sc1S(=O)(=O)N1CCN(CC(C)Nc2nc(C3CC3)nc3c(C)csc23)CC1. The lowest BCUT2D eigenvalue weighted by Crippen LogP contribution is -2.50. The number of anilines is 2. The maximum absolute atomic E-state index is 13.2. The van der Waals surface area contributed by atoms with Gasteiger partial charge in [0.05, 0.1) is 15.9 Å². The minimum atomic E-state index is -3.74. The molecule has 3 aromatic heterocycles. The van der Waals surface area contributed by atoms with Gasteiger partial charge in [0.25, 0.3) is 10.0 Å². The van der Waals surface area contributed by atoms with E-state index in [4.69, 9.17) is 15.1 Å². The van der Waals surface area contributed by atoms with Gasteiger partial charge in [0, 0.05) is 44.7 Å². The van der Waals surface area contributed by atoms with E-state index in [9.17, 15) is 13.2 Å². The van der Waals surface area contributed by atoms with Gasteiger partial charge in [0.1, 0.15) is 11.6 Å². The van der Waals surface area contributed by atoms with E-state index < -0.39 is 16.1 Å². The first-order valence-corrected chi connectivity index (χ1v) is 15.0. The molecule has 2 fully saturated rings. The van der Waals surface area contributed by atoms with Crippen molar-refractivity contribution in [2.75, 3.05) is 43.4 Å². The Morgan fingerprint density at radius 2 is 1.92 bits per heavy atom. The number of thiophene rings is 1. The predicted molar refractivity (Wildman–Crippen MR) is 141 cm³/mol. The van der Waals surface area contributed by atoms with Gasteiger partial charge in [-0.15, -0.1) is 11.3 Å². The van der Waals surface area contributed by atoms with Crippen molar-refractivity contribution in [3.8, 4) is 0 Å². The second kappa shape index (κ2) is 9.82. The van der Waals surface area contributed by atoms with Gasteiger partial charge in [0.15, 0.2) is 9.34 Å². The highest BCUT2D eigenvalue weighted by molar-refractivity contribution is 7.91. The number of carboxylic acid groups (broad SMARTS) is 1. The summed E-state index contributed by atoms with van der Waals surface area (Å²) in [5.41, 5.74) is 2.51. The van der Waals surface area contributed by atoms with Gasteiger partial charge in [0.2, 0.25) is 0 Å². The Morgan fingerprint density at radius 3 is 2.58 bits per heavy atom. The van der Waals surface area contributed by atoms with Gasteiger partial charge in [-0.2, -0.15) is 4.31 Å². The molecule has 36 heavy (non-hydrogen) atoms. The number of rotatable bonds is 8. The summed E-state index contributed by atoms with van der Waals surface area (Å²) >= 11 is 2.50. The van der Waals surface area contributed by atoms with Crippen LogP contribution in [0.3, 0.4) is 0 Å². The van der Waals surface area contributed by atoms with E-state index in [1.165, 1.54) is 9.87 Å². The number of nitrogens with zero attached hydrogens (tertiary/aromatic N) is 5. The number of fused-ring (bicyclic) bond motifs is 1. The third-order valence-corrected chi connectivity index (χ3v) is 11.0. The number of hydrogen-bond acceptors (Lipinski definition) is 10. The molecule has 1 atom stereocenters. The highest BCUT2D eigenvalue weighted by atomic mass is 32.2. The molecule has 1 saturated heterocycles. The summed E-state index contributed by atoms with van der Waals surface area (Å²) < 4.78 is 29.0. The van der Waals surface area contributed by atoms with E-state index in [0.717, 1.165) is 52.6 Å². The van der Waals surface area contributed by atoms with E-state index in [0.29, 0.717) is 37.8 Å². The Labute approximate surface area is 217 Å². The van der Waals surface area contributed by atoms with Crippen LogP contribution in [-0.4, -0.2) is 82.5 Å². The van der Waals surface area contributed by atoms with Crippen molar-refractivity contribution in [1.82, 2.24) is 24.2 Å². The van der Waals surface area contributed by atoms with Crippen LogP contribution in [0.5, 0.6) is 0 Å². The molecule has 14 heteroatoms. The minimum Gasteiger partial charge on any atom is -0.465 e. The lowest BCUT2D eigenvalue weighted by Gasteiger charge is -2.35. The molecule has 1 saturated carbocycles. The van der Waals surface area contributed by atoms with Crippen molar-refractivity contribution in [3.63, 3.8) is 0 Å². The molecule has 1 unspecified atom stereocenters. The van der Waals surface area contributed by atoms with Crippen molar-refractivity contribution in [2.45, 2.75) is 49.8 Å². The van der Waals surface area contributed by atoms with Crippen LogP contribution in [0, 0.1) is 13.8 Å². The maximum Gasteiger partial charge on any atom is 0.410 e. The van der Waals surface area contributed by atoms with Gasteiger partial charge in [-0.1, -0.05) is 11.3 Å². The minimum absolute atomic E-state index is 0.0571. The Hall–Kier alpha value is -2.39. The largest absolute Gasteiger partial charge is 0.465 e. The molecule has 4 heterocycles. The Bertz CT molecular complexity index is 1390. The summed E-state index contributed by atoms with van der Waals surface area (Å²) in [4.78, 5) is 26.8. The van der Waals surface area contributed by atoms with Crippen molar-refractivity contribution in [1.29, 1.82) is 0 Å². The number of aromatic nitrogens is 3. The quantitative estimate of drug-likeness (QED) is 0.383. The first-order chi connectivity index (χ1) is 17.1. The summed E-state index contributed by atoms with van der Waals surface area (Å²) in [6.07, 6.45) is 1.02. The monoisotopic (exact) mass is 551 g/mol. The topological polar surface area (TPSA) is 141 Å². The van der Waals surface area contributed by atoms with E-state index in [1.807, 2.05) is 0 Å². The lowest BCUT2D eigenvalue weighted by atomic mass is 10.2. The second-order valence-electron chi connectivity index (χ2n) is 9.37. The van der Waals surface area contributed by atoms with E-state index in [1.54, 1.807) is 18.3 Å². The molecule has 1 aliphatic heterocycles. The molecule has 0 bridgehead atoms. The molecule has 194 valence electrons. The molecular formula is C22H29N7O4S3. The molecule has 11 nitrogen and oxygen atoms in total. The number of piperazine rings is 1. The van der Waals surface area contributed by atoms with Crippen LogP contribution >= 0.6 is 22.7 Å². The number of thiazole rings is 1. The number of carbonyl (C=O) groups is 1.